The third-order valence-corrected chi connectivity index (χ3v) is 15.5. The number of carboxylic acid groups (broad SMARTS) is 1. The van der Waals surface area contributed by atoms with Gasteiger partial charge in [0.1, 0.15) is 5.82 Å². The minimum Gasteiger partial charge on any atom is -0.481 e. The Morgan fingerprint density at radius 1 is 0.878 bits per heavy atom. The summed E-state index contributed by atoms with van der Waals surface area (Å²) in [5.41, 5.74) is 4.28. The highest BCUT2D eigenvalue weighted by Gasteiger charge is 2.51. The van der Waals surface area contributed by atoms with Crippen molar-refractivity contribution in [3.05, 3.63) is 126 Å². The van der Waals surface area contributed by atoms with Gasteiger partial charge in [-0.05, 0) is 70.1 Å². The fourth-order valence-electron chi connectivity index (χ4n) is 7.06. The summed E-state index contributed by atoms with van der Waals surface area (Å²) in [6.45, 7) is 11.0. The number of carboxylic acids is 1. The first-order chi connectivity index (χ1) is 23.4. The second kappa shape index (κ2) is 15.8. The van der Waals surface area contributed by atoms with Gasteiger partial charge in [0.05, 0.1) is 24.6 Å². The molecule has 5 rings (SSSR count). The zero-order chi connectivity index (χ0) is 35.2. The molecule has 0 amide bonds. The van der Waals surface area contributed by atoms with Gasteiger partial charge in [-0.3, -0.25) is 9.36 Å². The van der Waals surface area contributed by atoms with Gasteiger partial charge in [-0.2, -0.15) is 0 Å². The highest BCUT2D eigenvalue weighted by molar-refractivity contribution is 7.39. The summed E-state index contributed by atoms with van der Waals surface area (Å²) < 4.78 is 42.6. The van der Waals surface area contributed by atoms with Gasteiger partial charge < -0.3 is 18.6 Å². The Kier molecular flexibility index (Phi) is 11.8. The first-order valence-electron chi connectivity index (χ1n) is 17.0. The Morgan fingerprint density at radius 2 is 1.45 bits per heavy atom. The van der Waals surface area contributed by atoms with E-state index < -0.39 is 28.4 Å². The maximum absolute atomic E-state index is 13.9. The molecule has 9 heteroatoms. The standard InChI is InChI=1S/C40H47FNO5PSi/c1-29(2)39-35-19-12-13-20-36(35)42(31-24-22-30(41)23-25-31)37(39)21-14-26-46-48(45)28-32(27-38(43)44)47-49(40(3,4)5,33-15-8-6-9-16-33)34-17-10-7-11-18-34/h6-13,15-20,22-25,29,32,48H,14,21,26-28H2,1-5H3,(H,43,44)/t32-/m0/s1. The number of halogens is 1. The fourth-order valence-corrected chi connectivity index (χ4v) is 13.0. The van der Waals surface area contributed by atoms with Crippen LogP contribution >= 0.6 is 8.03 Å². The lowest BCUT2D eigenvalue weighted by Crippen LogP contribution is -2.68. The minimum atomic E-state index is -3.07. The zero-order valence-corrected chi connectivity index (χ0v) is 31.0. The normalized spacial score (nSPS) is 13.5. The number of rotatable bonds is 15. The van der Waals surface area contributed by atoms with Crippen molar-refractivity contribution < 1.29 is 27.8 Å². The number of para-hydroxylation sites is 1. The van der Waals surface area contributed by atoms with Crippen LogP contribution in [-0.4, -0.2) is 42.8 Å². The summed E-state index contributed by atoms with van der Waals surface area (Å²) in [5, 5.41) is 12.8. The lowest BCUT2D eigenvalue weighted by atomic mass is 9.97. The van der Waals surface area contributed by atoms with Crippen LogP contribution in [-0.2, 0) is 24.7 Å². The topological polar surface area (TPSA) is 77.8 Å². The summed E-state index contributed by atoms with van der Waals surface area (Å²) in [5.74, 6) is -1.05. The van der Waals surface area contributed by atoms with E-state index in [1.165, 1.54) is 17.7 Å². The molecule has 1 N–H and O–H groups in total. The van der Waals surface area contributed by atoms with Crippen molar-refractivity contribution in [1.29, 1.82) is 0 Å². The molecule has 0 aliphatic heterocycles. The minimum absolute atomic E-state index is 0.00848. The molecule has 0 saturated carbocycles. The molecule has 0 aliphatic rings. The highest BCUT2D eigenvalue weighted by atomic mass is 31.1. The van der Waals surface area contributed by atoms with Crippen molar-refractivity contribution in [2.45, 2.75) is 70.9 Å². The van der Waals surface area contributed by atoms with Crippen LogP contribution in [0.5, 0.6) is 0 Å². The molecule has 2 atom stereocenters. The van der Waals surface area contributed by atoms with E-state index >= 15 is 0 Å². The molecule has 0 bridgehead atoms. The van der Waals surface area contributed by atoms with Crippen LogP contribution < -0.4 is 10.4 Å². The smallest absolute Gasteiger partial charge is 0.305 e. The summed E-state index contributed by atoms with van der Waals surface area (Å²) in [7, 11) is -5.72. The molecule has 1 aromatic heterocycles. The molecule has 1 heterocycles. The Hall–Kier alpha value is -3.81. The third-order valence-electron chi connectivity index (χ3n) is 9.06. The average Bonchev–Trinajstić information content (AvgIpc) is 3.40. The highest BCUT2D eigenvalue weighted by Crippen LogP contribution is 2.40. The number of carbonyl (C=O) groups is 1. The number of aromatic nitrogens is 1. The van der Waals surface area contributed by atoms with Gasteiger partial charge in [-0.1, -0.05) is 113 Å². The molecule has 5 aromatic rings. The molecule has 0 saturated heterocycles. The van der Waals surface area contributed by atoms with Gasteiger partial charge >= 0.3 is 5.97 Å². The van der Waals surface area contributed by atoms with Gasteiger partial charge in [0.15, 0.2) is 8.03 Å². The first kappa shape index (κ1) is 36.5. The second-order valence-corrected chi connectivity index (χ2v) is 19.6. The molecule has 49 heavy (non-hydrogen) atoms. The maximum atomic E-state index is 13.9. The maximum Gasteiger partial charge on any atom is 0.305 e. The van der Waals surface area contributed by atoms with Crippen LogP contribution in [0.1, 0.15) is 64.6 Å². The summed E-state index contributed by atoms with van der Waals surface area (Å²) >= 11 is 0. The Labute approximate surface area is 290 Å². The number of benzene rings is 4. The van der Waals surface area contributed by atoms with Crippen LogP contribution in [0.3, 0.4) is 0 Å². The Balaban J connectivity index is 1.36. The second-order valence-electron chi connectivity index (χ2n) is 13.9. The molecular weight excluding hydrogens is 653 g/mol. The van der Waals surface area contributed by atoms with E-state index in [0.29, 0.717) is 12.8 Å². The third kappa shape index (κ3) is 8.16. The molecule has 258 valence electrons. The fraction of sp³-hybridized carbons (Fsp3) is 0.325. The van der Waals surface area contributed by atoms with E-state index in [1.807, 2.05) is 48.5 Å². The monoisotopic (exact) mass is 699 g/mol. The van der Waals surface area contributed by atoms with Crippen LogP contribution in [0.4, 0.5) is 4.39 Å². The van der Waals surface area contributed by atoms with Crippen LogP contribution in [0, 0.1) is 5.82 Å². The Bertz CT molecular complexity index is 1830. The quantitative estimate of drug-likeness (QED) is 0.0672. The van der Waals surface area contributed by atoms with Gasteiger partial charge in [0.25, 0.3) is 8.32 Å². The average molecular weight is 700 g/mol. The van der Waals surface area contributed by atoms with E-state index in [4.69, 9.17) is 8.95 Å². The molecule has 0 radical (unpaired) electrons. The van der Waals surface area contributed by atoms with Crippen molar-refractivity contribution in [3.8, 4) is 5.69 Å². The molecule has 1 unspecified atom stereocenters. The molecule has 0 fully saturated rings. The summed E-state index contributed by atoms with van der Waals surface area (Å²) in [6, 6.07) is 34.8. The number of hydrogen-bond acceptors (Lipinski definition) is 4. The first-order valence-corrected chi connectivity index (χ1v) is 20.4. The van der Waals surface area contributed by atoms with Crippen molar-refractivity contribution in [3.63, 3.8) is 0 Å². The van der Waals surface area contributed by atoms with Crippen molar-refractivity contribution in [2.75, 3.05) is 12.8 Å². The van der Waals surface area contributed by atoms with Crippen molar-refractivity contribution in [2.24, 2.45) is 0 Å². The van der Waals surface area contributed by atoms with E-state index in [2.05, 4.69) is 75.6 Å². The predicted octanol–water partition coefficient (Wildman–Crippen LogP) is 8.74. The van der Waals surface area contributed by atoms with Crippen LogP contribution in [0.15, 0.2) is 109 Å². The molecule has 4 aromatic carbocycles. The van der Waals surface area contributed by atoms with Crippen LogP contribution in [0.25, 0.3) is 16.6 Å². The number of aliphatic carboxylic acids is 1. The molecule has 0 spiro atoms. The largest absolute Gasteiger partial charge is 0.481 e. The van der Waals surface area contributed by atoms with Crippen LogP contribution in [0.2, 0.25) is 5.04 Å². The number of hydrogen-bond donors (Lipinski definition) is 1. The lowest BCUT2D eigenvalue weighted by molar-refractivity contribution is -0.138. The SMILES string of the molecule is CC(C)c1c(CCCO[PH](=O)C[C@H](CC(=O)O)O[Si](c2ccccc2)(c2ccccc2)C(C)(C)C)n(-c2ccc(F)cc2)c2ccccc12. The van der Waals surface area contributed by atoms with Gasteiger partial charge in [-0.25, -0.2) is 4.39 Å². The number of fused-ring (bicyclic) bond motifs is 1. The predicted molar refractivity (Wildman–Crippen MR) is 200 cm³/mol. The van der Waals surface area contributed by atoms with Crippen molar-refractivity contribution >= 4 is 43.6 Å². The van der Waals surface area contributed by atoms with Crippen molar-refractivity contribution in [1.82, 2.24) is 4.57 Å². The van der Waals surface area contributed by atoms with E-state index in [0.717, 1.165) is 32.7 Å². The molecule has 0 aliphatic carbocycles. The van der Waals surface area contributed by atoms with E-state index in [9.17, 15) is 18.9 Å². The molecule has 6 nitrogen and oxygen atoms in total. The van der Waals surface area contributed by atoms with Gasteiger partial charge in [0, 0.05) is 22.9 Å². The van der Waals surface area contributed by atoms with E-state index in [-0.39, 0.29) is 36.0 Å². The number of nitrogens with zero attached hydrogens (tertiary/aromatic N) is 1. The Morgan fingerprint density at radius 3 is 2.00 bits per heavy atom. The molecular formula is C40H47FNO5PSi. The summed E-state index contributed by atoms with van der Waals surface area (Å²) in [6.07, 6.45) is 0.191. The van der Waals surface area contributed by atoms with E-state index in [1.54, 1.807) is 12.1 Å². The lowest BCUT2D eigenvalue weighted by Gasteiger charge is -2.45. The van der Waals surface area contributed by atoms with Gasteiger partial charge in [0.2, 0.25) is 0 Å². The van der Waals surface area contributed by atoms with Gasteiger partial charge in [-0.15, -0.1) is 0 Å². The summed E-state index contributed by atoms with van der Waals surface area (Å²) in [4.78, 5) is 12.1. The zero-order valence-electron chi connectivity index (χ0n) is 29.0.